The second-order valence-electron chi connectivity index (χ2n) is 11.5. The summed E-state index contributed by atoms with van der Waals surface area (Å²) in [5, 5.41) is 9.21. The maximum Gasteiger partial charge on any atom is 0.264 e. The first-order valence-corrected chi connectivity index (χ1v) is 16.8. The maximum absolute atomic E-state index is 14.6. The normalized spacial score (nSPS) is 11.9. The highest BCUT2D eigenvalue weighted by Crippen LogP contribution is 2.34. The Bertz CT molecular complexity index is 1930. The van der Waals surface area contributed by atoms with Crippen molar-refractivity contribution in [2.75, 3.05) is 49.5 Å². The highest BCUT2D eigenvalue weighted by atomic mass is 32.2. The molecule has 1 aromatic heterocycles. The molecule has 1 heterocycles. The summed E-state index contributed by atoms with van der Waals surface area (Å²) in [5.74, 6) is 0.972. The molecule has 9 nitrogen and oxygen atoms in total. The smallest absolute Gasteiger partial charge is 0.264 e. The Morgan fingerprint density at radius 3 is 2.24 bits per heavy atom. The molecule has 0 unspecified atom stereocenters. The number of anilines is 2. The number of imidazole rings is 1. The van der Waals surface area contributed by atoms with Gasteiger partial charge in [0, 0.05) is 62.7 Å². The molecule has 0 fully saturated rings. The molecular formula is C35H43N7O2S. The number of hydrogen-bond acceptors (Lipinski definition) is 6. The van der Waals surface area contributed by atoms with Gasteiger partial charge in [0.05, 0.1) is 21.6 Å². The minimum Gasteiger partial charge on any atom is -0.384 e. The fourth-order valence-corrected chi connectivity index (χ4v) is 7.54. The zero-order valence-electron chi connectivity index (χ0n) is 26.8. The van der Waals surface area contributed by atoms with Crippen LogP contribution in [-0.2, 0) is 29.9 Å². The van der Waals surface area contributed by atoms with Crippen LogP contribution >= 0.6 is 0 Å². The molecule has 236 valence electrons. The van der Waals surface area contributed by atoms with E-state index in [1.165, 1.54) is 0 Å². The Hall–Kier alpha value is -4.41. The highest BCUT2D eigenvalue weighted by molar-refractivity contribution is 7.93. The molecule has 0 aliphatic carbocycles. The Morgan fingerprint density at radius 1 is 0.889 bits per heavy atom. The fraction of sp³-hybridized carbons (Fsp3) is 0.314. The van der Waals surface area contributed by atoms with Crippen LogP contribution in [0.3, 0.4) is 0 Å². The van der Waals surface area contributed by atoms with E-state index in [9.17, 15) is 8.42 Å². The van der Waals surface area contributed by atoms with Crippen LogP contribution in [0.5, 0.6) is 0 Å². The third-order valence-electron chi connectivity index (χ3n) is 8.57. The Morgan fingerprint density at radius 2 is 1.58 bits per heavy atom. The van der Waals surface area contributed by atoms with Crippen molar-refractivity contribution >= 4 is 49.0 Å². The van der Waals surface area contributed by atoms with Crippen molar-refractivity contribution in [3.05, 3.63) is 95.8 Å². The van der Waals surface area contributed by atoms with Crippen molar-refractivity contribution in [3.63, 3.8) is 0 Å². The van der Waals surface area contributed by atoms with E-state index in [4.69, 9.17) is 16.1 Å². The van der Waals surface area contributed by atoms with Gasteiger partial charge in [-0.1, -0.05) is 62.4 Å². The largest absolute Gasteiger partial charge is 0.384 e. The van der Waals surface area contributed by atoms with Crippen LogP contribution in [0.2, 0.25) is 0 Å². The van der Waals surface area contributed by atoms with Crippen LogP contribution in [0.4, 0.5) is 11.4 Å². The number of rotatable bonds is 13. The van der Waals surface area contributed by atoms with Gasteiger partial charge in [0.2, 0.25) is 0 Å². The van der Waals surface area contributed by atoms with Crippen molar-refractivity contribution in [1.29, 1.82) is 5.41 Å². The number of aryl methyl sites for hydroxylation is 3. The molecule has 4 aromatic carbocycles. The fourth-order valence-electron chi connectivity index (χ4n) is 5.88. The number of aromatic nitrogens is 2. The average molecular weight is 626 g/mol. The lowest BCUT2D eigenvalue weighted by molar-refractivity contribution is 0.313. The number of hydrogen-bond donors (Lipinski definition) is 2. The quantitative estimate of drug-likeness (QED) is 0.134. The van der Waals surface area contributed by atoms with E-state index in [0.717, 1.165) is 53.0 Å². The van der Waals surface area contributed by atoms with E-state index in [0.29, 0.717) is 41.0 Å². The van der Waals surface area contributed by atoms with Crippen molar-refractivity contribution in [2.24, 2.45) is 12.8 Å². The highest BCUT2D eigenvalue weighted by Gasteiger charge is 2.28. The van der Waals surface area contributed by atoms with Crippen molar-refractivity contribution in [1.82, 2.24) is 14.5 Å². The van der Waals surface area contributed by atoms with Gasteiger partial charge in [-0.2, -0.15) is 0 Å². The summed E-state index contributed by atoms with van der Waals surface area (Å²) in [7, 11) is 1.99. The average Bonchev–Trinajstić information content (AvgIpc) is 3.35. The summed E-state index contributed by atoms with van der Waals surface area (Å²) in [4.78, 5) is 9.48. The van der Waals surface area contributed by atoms with Gasteiger partial charge in [-0.3, -0.25) is 9.71 Å². The van der Waals surface area contributed by atoms with Crippen molar-refractivity contribution in [3.8, 4) is 0 Å². The standard InChI is InChI=1S/C35H43N7O2S/c1-6-41(7-2)22-23-42(45(43,44)33-13-9-10-28-29(33)11-8-12-31(28)39(3)4)27-19-20-32-30(24-27)38-34(40(32)5)21-16-25-14-17-26(18-15-25)35(36)37/h8-15,17-20,24H,6-7,16,21-23H2,1-5H3,(H3,36,37). The second-order valence-corrected chi connectivity index (χ2v) is 13.3. The molecule has 45 heavy (non-hydrogen) atoms. The van der Waals surface area contributed by atoms with Crippen molar-refractivity contribution in [2.45, 2.75) is 31.6 Å². The number of benzene rings is 4. The lowest BCUT2D eigenvalue weighted by atomic mass is 10.1. The zero-order valence-corrected chi connectivity index (χ0v) is 27.6. The minimum atomic E-state index is -3.93. The predicted octanol–water partition coefficient (Wildman–Crippen LogP) is 5.40. The van der Waals surface area contributed by atoms with Crippen LogP contribution in [0.1, 0.15) is 30.8 Å². The van der Waals surface area contributed by atoms with E-state index in [1.54, 1.807) is 10.4 Å². The maximum atomic E-state index is 14.6. The molecule has 10 heteroatoms. The van der Waals surface area contributed by atoms with Crippen LogP contribution in [0.15, 0.2) is 83.8 Å². The third kappa shape index (κ3) is 6.53. The second kappa shape index (κ2) is 13.3. The van der Waals surface area contributed by atoms with Crippen LogP contribution in [0.25, 0.3) is 21.8 Å². The SMILES string of the molecule is CCN(CC)CCN(c1ccc2c(c1)nc(CCc1ccc(C(=N)N)cc1)n2C)S(=O)(=O)c1cccc2c(N(C)C)cccc12. The number of nitrogen functional groups attached to an aromatic ring is 1. The molecule has 0 radical (unpaired) electrons. The molecule has 0 aliphatic heterocycles. The first-order valence-electron chi connectivity index (χ1n) is 15.4. The first-order chi connectivity index (χ1) is 21.5. The molecule has 0 bridgehead atoms. The lowest BCUT2D eigenvalue weighted by Gasteiger charge is -2.28. The molecule has 0 spiro atoms. The van der Waals surface area contributed by atoms with Gasteiger partial charge in [-0.05, 0) is 55.4 Å². The molecule has 0 aliphatic rings. The molecule has 5 rings (SSSR count). The number of likely N-dealkylation sites (N-methyl/N-ethyl adjacent to an activating group) is 1. The number of sulfonamides is 1. The number of fused-ring (bicyclic) bond motifs is 2. The van der Waals surface area contributed by atoms with Crippen molar-refractivity contribution < 1.29 is 8.42 Å². The minimum absolute atomic E-state index is 0.0552. The summed E-state index contributed by atoms with van der Waals surface area (Å²) < 4.78 is 32.8. The van der Waals surface area contributed by atoms with E-state index in [-0.39, 0.29) is 5.84 Å². The van der Waals surface area contributed by atoms with Crippen LogP contribution in [-0.4, -0.2) is 69.0 Å². The summed E-state index contributed by atoms with van der Waals surface area (Å²) in [6.07, 6.45) is 1.50. The summed E-state index contributed by atoms with van der Waals surface area (Å²) >= 11 is 0. The molecule has 0 amide bonds. The van der Waals surface area contributed by atoms with E-state index >= 15 is 0 Å². The molecule has 0 saturated carbocycles. The van der Waals surface area contributed by atoms with Gasteiger partial charge in [-0.25, -0.2) is 13.4 Å². The molecule has 0 saturated heterocycles. The van der Waals surface area contributed by atoms with Gasteiger partial charge in [0.1, 0.15) is 11.7 Å². The van der Waals surface area contributed by atoms with Gasteiger partial charge in [-0.15, -0.1) is 0 Å². The van der Waals surface area contributed by atoms with Crippen LogP contribution < -0.4 is 14.9 Å². The van der Waals surface area contributed by atoms with Gasteiger partial charge in [0.25, 0.3) is 10.0 Å². The monoisotopic (exact) mass is 625 g/mol. The van der Waals surface area contributed by atoms with Gasteiger partial charge in [0.15, 0.2) is 0 Å². The number of nitrogens with two attached hydrogens (primary N) is 1. The number of amidine groups is 1. The van der Waals surface area contributed by atoms with E-state index in [2.05, 4.69) is 23.3 Å². The first kappa shape index (κ1) is 32.0. The summed E-state index contributed by atoms with van der Waals surface area (Å²) in [5.41, 5.74) is 10.7. The predicted molar refractivity (Wildman–Crippen MR) is 186 cm³/mol. The topological polar surface area (TPSA) is 112 Å². The molecular weight excluding hydrogens is 582 g/mol. The molecule has 5 aromatic rings. The molecule has 0 atom stereocenters. The Balaban J connectivity index is 1.52. The summed E-state index contributed by atoms with van der Waals surface area (Å²) in [6, 6.07) is 24.8. The van der Waals surface area contributed by atoms with E-state index in [1.807, 2.05) is 98.8 Å². The lowest BCUT2D eigenvalue weighted by Crippen LogP contribution is -2.39. The van der Waals surface area contributed by atoms with E-state index < -0.39 is 10.0 Å². The Kier molecular flexibility index (Phi) is 9.45. The number of nitrogens with one attached hydrogen (secondary N) is 1. The van der Waals surface area contributed by atoms with Gasteiger partial charge >= 0.3 is 0 Å². The number of nitrogens with zero attached hydrogens (tertiary/aromatic N) is 5. The van der Waals surface area contributed by atoms with Crippen LogP contribution in [0, 0.1) is 5.41 Å². The zero-order chi connectivity index (χ0) is 32.3. The summed E-state index contributed by atoms with van der Waals surface area (Å²) in [6.45, 7) is 6.78. The third-order valence-corrected chi connectivity index (χ3v) is 10.5. The molecule has 3 N–H and O–H groups in total. The van der Waals surface area contributed by atoms with Gasteiger partial charge < -0.3 is 20.1 Å². The Labute approximate surface area is 266 Å².